The molecule has 1 rings (SSSR count). The summed E-state index contributed by atoms with van der Waals surface area (Å²) in [5, 5.41) is 0.568. The molecule has 0 aromatic heterocycles. The molecular formula is C12H14ClN. The molecule has 0 unspecified atom stereocenters. The standard InChI is InChI=1S/C12H14ClN/c1-3-7-10(2)12(13)14-11-8-5-4-6-9-11/h4-9H,3H2,1-2H3/b10-7-,14-12+. The van der Waals surface area contributed by atoms with Crippen molar-refractivity contribution in [3.05, 3.63) is 42.0 Å². The Kier molecular flexibility index (Phi) is 4.41. The first-order valence-corrected chi connectivity index (χ1v) is 5.08. The summed E-state index contributed by atoms with van der Waals surface area (Å²) in [4.78, 5) is 4.29. The molecule has 1 aromatic carbocycles. The first kappa shape index (κ1) is 11.0. The van der Waals surface area contributed by atoms with Crippen molar-refractivity contribution < 1.29 is 0 Å². The summed E-state index contributed by atoms with van der Waals surface area (Å²) in [6.45, 7) is 4.05. The summed E-state index contributed by atoms with van der Waals surface area (Å²) in [7, 11) is 0. The van der Waals surface area contributed by atoms with Gasteiger partial charge in [0.15, 0.2) is 0 Å². The first-order valence-electron chi connectivity index (χ1n) is 4.70. The second kappa shape index (κ2) is 5.61. The average Bonchev–Trinajstić information content (AvgIpc) is 2.19. The Balaban J connectivity index is 2.84. The van der Waals surface area contributed by atoms with Crippen LogP contribution in [0.1, 0.15) is 20.3 Å². The van der Waals surface area contributed by atoms with Crippen LogP contribution in [0.15, 0.2) is 47.0 Å². The molecule has 0 amide bonds. The van der Waals surface area contributed by atoms with E-state index in [2.05, 4.69) is 18.0 Å². The minimum atomic E-state index is 0.568. The maximum atomic E-state index is 6.03. The lowest BCUT2D eigenvalue weighted by molar-refractivity contribution is 1.20. The highest BCUT2D eigenvalue weighted by atomic mass is 35.5. The fraction of sp³-hybridized carbons (Fsp3) is 0.250. The lowest BCUT2D eigenvalue weighted by Gasteiger charge is -1.98. The van der Waals surface area contributed by atoms with Crippen molar-refractivity contribution in [1.82, 2.24) is 0 Å². The van der Waals surface area contributed by atoms with Gasteiger partial charge in [0.2, 0.25) is 0 Å². The fourth-order valence-electron chi connectivity index (χ4n) is 1.09. The van der Waals surface area contributed by atoms with Crippen LogP contribution < -0.4 is 0 Å². The molecule has 0 aliphatic rings. The van der Waals surface area contributed by atoms with Crippen LogP contribution in [0.2, 0.25) is 0 Å². The highest BCUT2D eigenvalue weighted by Gasteiger charge is 1.96. The van der Waals surface area contributed by atoms with E-state index in [1.165, 1.54) is 0 Å². The number of para-hydroxylation sites is 1. The van der Waals surface area contributed by atoms with Crippen LogP contribution >= 0.6 is 11.6 Å². The van der Waals surface area contributed by atoms with Gasteiger partial charge in [0.25, 0.3) is 0 Å². The van der Waals surface area contributed by atoms with Gasteiger partial charge >= 0.3 is 0 Å². The van der Waals surface area contributed by atoms with E-state index >= 15 is 0 Å². The van der Waals surface area contributed by atoms with Gasteiger partial charge in [-0.3, -0.25) is 0 Å². The van der Waals surface area contributed by atoms with Crippen molar-refractivity contribution in [3.63, 3.8) is 0 Å². The van der Waals surface area contributed by atoms with Crippen molar-refractivity contribution in [2.45, 2.75) is 20.3 Å². The normalized spacial score (nSPS) is 13.1. The summed E-state index contributed by atoms with van der Waals surface area (Å²) in [6, 6.07) is 9.72. The molecule has 0 fully saturated rings. The molecule has 0 N–H and O–H groups in total. The van der Waals surface area contributed by atoms with Crippen molar-refractivity contribution >= 4 is 22.5 Å². The van der Waals surface area contributed by atoms with Gasteiger partial charge in [0.1, 0.15) is 5.17 Å². The zero-order valence-electron chi connectivity index (χ0n) is 8.50. The summed E-state index contributed by atoms with van der Waals surface area (Å²) < 4.78 is 0. The van der Waals surface area contributed by atoms with E-state index in [4.69, 9.17) is 11.6 Å². The summed E-state index contributed by atoms with van der Waals surface area (Å²) in [5.41, 5.74) is 1.92. The van der Waals surface area contributed by atoms with Gasteiger partial charge < -0.3 is 0 Å². The molecule has 0 spiro atoms. The predicted octanol–water partition coefficient (Wildman–Crippen LogP) is 4.31. The Labute approximate surface area is 90.1 Å². The molecule has 0 radical (unpaired) electrons. The quantitative estimate of drug-likeness (QED) is 0.655. The van der Waals surface area contributed by atoms with Crippen molar-refractivity contribution in [2.75, 3.05) is 0 Å². The zero-order valence-corrected chi connectivity index (χ0v) is 9.25. The number of aliphatic imine (C=N–C) groups is 1. The van der Waals surface area contributed by atoms with E-state index in [1.54, 1.807) is 0 Å². The van der Waals surface area contributed by atoms with E-state index in [9.17, 15) is 0 Å². The topological polar surface area (TPSA) is 12.4 Å². The van der Waals surface area contributed by atoms with E-state index in [0.29, 0.717) is 5.17 Å². The lowest BCUT2D eigenvalue weighted by atomic mass is 10.2. The minimum absolute atomic E-state index is 0.568. The van der Waals surface area contributed by atoms with Gasteiger partial charge in [0, 0.05) is 0 Å². The Morgan fingerprint density at radius 3 is 2.57 bits per heavy atom. The molecule has 0 saturated carbocycles. The molecule has 0 bridgehead atoms. The molecule has 14 heavy (non-hydrogen) atoms. The number of rotatable bonds is 3. The number of benzene rings is 1. The van der Waals surface area contributed by atoms with Crippen LogP contribution in [0.3, 0.4) is 0 Å². The number of hydrogen-bond acceptors (Lipinski definition) is 1. The van der Waals surface area contributed by atoms with Gasteiger partial charge in [-0.05, 0) is 31.1 Å². The summed E-state index contributed by atoms with van der Waals surface area (Å²) in [5.74, 6) is 0. The van der Waals surface area contributed by atoms with E-state index < -0.39 is 0 Å². The van der Waals surface area contributed by atoms with Gasteiger partial charge in [-0.15, -0.1) is 0 Å². The number of nitrogens with zero attached hydrogens (tertiary/aromatic N) is 1. The van der Waals surface area contributed by atoms with Crippen LogP contribution in [0.4, 0.5) is 5.69 Å². The Morgan fingerprint density at radius 1 is 1.36 bits per heavy atom. The third kappa shape index (κ3) is 3.35. The molecule has 0 aliphatic carbocycles. The fourth-order valence-corrected chi connectivity index (χ4v) is 1.27. The van der Waals surface area contributed by atoms with Crippen LogP contribution in [-0.4, -0.2) is 5.17 Å². The number of allylic oxidation sites excluding steroid dienone is 2. The zero-order chi connectivity index (χ0) is 10.4. The molecule has 0 aliphatic heterocycles. The Bertz CT molecular complexity index is 339. The average molecular weight is 208 g/mol. The van der Waals surface area contributed by atoms with Gasteiger partial charge in [-0.2, -0.15) is 0 Å². The van der Waals surface area contributed by atoms with Crippen LogP contribution in [-0.2, 0) is 0 Å². The second-order valence-corrected chi connectivity index (χ2v) is 3.39. The monoisotopic (exact) mass is 207 g/mol. The lowest BCUT2D eigenvalue weighted by Crippen LogP contribution is -1.88. The molecule has 1 nitrogen and oxygen atoms in total. The molecule has 1 aromatic rings. The Morgan fingerprint density at radius 2 is 2.00 bits per heavy atom. The molecule has 0 atom stereocenters. The summed E-state index contributed by atoms with van der Waals surface area (Å²) in [6.07, 6.45) is 3.04. The third-order valence-electron chi connectivity index (χ3n) is 1.82. The van der Waals surface area contributed by atoms with Crippen molar-refractivity contribution in [3.8, 4) is 0 Å². The molecule has 0 saturated heterocycles. The first-order chi connectivity index (χ1) is 6.74. The van der Waals surface area contributed by atoms with E-state index in [0.717, 1.165) is 17.7 Å². The van der Waals surface area contributed by atoms with Gasteiger partial charge in [-0.25, -0.2) is 4.99 Å². The molecular weight excluding hydrogens is 194 g/mol. The minimum Gasteiger partial charge on any atom is -0.236 e. The SMILES string of the molecule is CC/C=C(C)\C(Cl)=N/c1ccccc1. The highest BCUT2D eigenvalue weighted by molar-refractivity contribution is 6.69. The maximum Gasteiger partial charge on any atom is 0.132 e. The van der Waals surface area contributed by atoms with Crippen LogP contribution in [0.25, 0.3) is 0 Å². The second-order valence-electron chi connectivity index (χ2n) is 3.03. The van der Waals surface area contributed by atoms with E-state index in [1.807, 2.05) is 37.3 Å². The summed E-state index contributed by atoms with van der Waals surface area (Å²) >= 11 is 6.03. The largest absolute Gasteiger partial charge is 0.236 e. The van der Waals surface area contributed by atoms with E-state index in [-0.39, 0.29) is 0 Å². The smallest absolute Gasteiger partial charge is 0.132 e. The Hall–Kier alpha value is -1.08. The van der Waals surface area contributed by atoms with Gasteiger partial charge in [-0.1, -0.05) is 42.8 Å². The number of halogens is 1. The highest BCUT2D eigenvalue weighted by Crippen LogP contribution is 2.14. The van der Waals surface area contributed by atoms with Gasteiger partial charge in [0.05, 0.1) is 5.69 Å². The van der Waals surface area contributed by atoms with Crippen LogP contribution in [0, 0.1) is 0 Å². The number of hydrogen-bond donors (Lipinski definition) is 0. The third-order valence-corrected chi connectivity index (χ3v) is 2.20. The molecule has 74 valence electrons. The van der Waals surface area contributed by atoms with Crippen molar-refractivity contribution in [1.29, 1.82) is 0 Å². The molecule has 0 heterocycles. The maximum absolute atomic E-state index is 6.03. The van der Waals surface area contributed by atoms with Crippen LogP contribution in [0.5, 0.6) is 0 Å². The van der Waals surface area contributed by atoms with Crippen molar-refractivity contribution in [2.24, 2.45) is 4.99 Å². The predicted molar refractivity (Wildman–Crippen MR) is 63.4 cm³/mol. The molecule has 2 heteroatoms.